The molecule has 1 aliphatic carbocycles. The van der Waals surface area contributed by atoms with Crippen LogP contribution in [0.15, 0.2) is 16.8 Å². The Morgan fingerprint density at radius 2 is 2.12 bits per heavy atom. The fourth-order valence-electron chi connectivity index (χ4n) is 3.88. The van der Waals surface area contributed by atoms with Gasteiger partial charge in [-0.3, -0.25) is 9.59 Å². The van der Waals surface area contributed by atoms with E-state index in [-0.39, 0.29) is 11.7 Å². The molecule has 0 aromatic carbocycles. The van der Waals surface area contributed by atoms with Gasteiger partial charge in [-0.1, -0.05) is 0 Å². The monoisotopic (exact) mass is 327 g/mol. The molecule has 6 nitrogen and oxygen atoms in total. The van der Waals surface area contributed by atoms with Crippen LogP contribution in [-0.2, 0) is 6.42 Å². The van der Waals surface area contributed by atoms with Crippen molar-refractivity contribution >= 4 is 11.7 Å². The smallest absolute Gasteiger partial charge is 0.258 e. The summed E-state index contributed by atoms with van der Waals surface area (Å²) in [6.07, 6.45) is 7.42. The second-order valence-corrected chi connectivity index (χ2v) is 6.65. The van der Waals surface area contributed by atoms with Gasteiger partial charge in [0, 0.05) is 44.2 Å². The molecule has 0 bridgehead atoms. The number of H-pyrrole nitrogens is 1. The molecule has 0 radical (unpaired) electrons. The van der Waals surface area contributed by atoms with Crippen molar-refractivity contribution in [2.75, 3.05) is 13.1 Å². The van der Waals surface area contributed by atoms with Gasteiger partial charge in [0.1, 0.15) is 17.3 Å². The Bertz CT molecular complexity index is 768. The molecular formula is C18H21N3O3. The highest BCUT2D eigenvalue weighted by atomic mass is 16.3. The van der Waals surface area contributed by atoms with Crippen LogP contribution in [0.3, 0.4) is 0 Å². The van der Waals surface area contributed by atoms with Crippen molar-refractivity contribution in [3.05, 3.63) is 40.9 Å². The lowest BCUT2D eigenvalue weighted by molar-refractivity contribution is 0.0705. The van der Waals surface area contributed by atoms with E-state index in [0.29, 0.717) is 48.1 Å². The van der Waals surface area contributed by atoms with Crippen LogP contribution in [0.2, 0.25) is 0 Å². The summed E-state index contributed by atoms with van der Waals surface area (Å²) in [5, 5.41) is 0. The second-order valence-electron chi connectivity index (χ2n) is 6.65. The zero-order valence-corrected chi connectivity index (χ0v) is 13.8. The van der Waals surface area contributed by atoms with Crippen LogP contribution in [0.5, 0.6) is 0 Å². The van der Waals surface area contributed by atoms with Crippen molar-refractivity contribution in [1.82, 2.24) is 14.9 Å². The van der Waals surface area contributed by atoms with E-state index in [0.717, 1.165) is 31.5 Å². The lowest BCUT2D eigenvalue weighted by Gasteiger charge is -2.31. The molecule has 2 aromatic rings. The number of hydrogen-bond acceptors (Lipinski definition) is 4. The molecule has 0 spiro atoms. The third kappa shape index (κ3) is 2.46. The van der Waals surface area contributed by atoms with E-state index in [2.05, 4.69) is 9.97 Å². The number of ketones is 1. The van der Waals surface area contributed by atoms with E-state index in [1.54, 1.807) is 13.1 Å². The van der Waals surface area contributed by atoms with Gasteiger partial charge >= 0.3 is 0 Å². The number of aromatic nitrogens is 2. The molecule has 2 aliphatic rings. The summed E-state index contributed by atoms with van der Waals surface area (Å²) in [6, 6.07) is 0. The summed E-state index contributed by atoms with van der Waals surface area (Å²) in [6.45, 7) is 3.14. The maximum absolute atomic E-state index is 13.0. The highest BCUT2D eigenvalue weighted by molar-refractivity contribution is 6.10. The molecule has 0 saturated carbocycles. The number of nitrogens with zero attached hydrogens (tertiary/aromatic N) is 2. The van der Waals surface area contributed by atoms with Crippen LogP contribution in [0.4, 0.5) is 0 Å². The Labute approximate surface area is 140 Å². The molecule has 1 aliphatic heterocycles. The molecule has 4 rings (SSSR count). The Morgan fingerprint density at radius 1 is 1.33 bits per heavy atom. The zero-order valence-electron chi connectivity index (χ0n) is 13.8. The zero-order chi connectivity index (χ0) is 16.7. The van der Waals surface area contributed by atoms with Crippen LogP contribution in [-0.4, -0.2) is 39.6 Å². The van der Waals surface area contributed by atoms with Crippen LogP contribution in [0.25, 0.3) is 0 Å². The third-order valence-electron chi connectivity index (χ3n) is 5.15. The Kier molecular flexibility index (Phi) is 3.75. The number of imidazole rings is 1. The normalized spacial score (nSPS) is 18.7. The molecule has 3 heterocycles. The number of furan rings is 1. The molecule has 24 heavy (non-hydrogen) atoms. The summed E-state index contributed by atoms with van der Waals surface area (Å²) in [5.41, 5.74) is 1.03. The summed E-state index contributed by atoms with van der Waals surface area (Å²) in [5.74, 6) is 2.61. The lowest BCUT2D eigenvalue weighted by atomic mass is 9.91. The molecule has 126 valence electrons. The number of fused-ring (bicyclic) bond motifs is 1. The first-order valence-corrected chi connectivity index (χ1v) is 8.59. The first-order valence-electron chi connectivity index (χ1n) is 8.59. The number of aromatic amines is 1. The average molecular weight is 327 g/mol. The summed E-state index contributed by atoms with van der Waals surface area (Å²) in [7, 11) is 0. The van der Waals surface area contributed by atoms with Gasteiger partial charge in [0.2, 0.25) is 0 Å². The van der Waals surface area contributed by atoms with Crippen molar-refractivity contribution in [2.45, 2.75) is 44.9 Å². The number of piperidine rings is 1. The predicted octanol–water partition coefficient (Wildman–Crippen LogP) is 2.85. The standard InChI is InChI=1S/C18H21N3O3/c1-11-15(16-13(22)3-2-4-14(16)24-11)18(23)21-9-5-12(6-10-21)17-19-7-8-20-17/h7-8,12H,2-6,9-10H2,1H3,(H,19,20). The van der Waals surface area contributed by atoms with Crippen LogP contribution in [0.1, 0.15) is 69.7 Å². The first-order chi connectivity index (χ1) is 11.6. The van der Waals surface area contributed by atoms with Gasteiger partial charge < -0.3 is 14.3 Å². The fraction of sp³-hybridized carbons (Fsp3) is 0.500. The highest BCUT2D eigenvalue weighted by Gasteiger charge is 2.34. The highest BCUT2D eigenvalue weighted by Crippen LogP contribution is 2.32. The third-order valence-corrected chi connectivity index (χ3v) is 5.15. The molecule has 2 aromatic heterocycles. The van der Waals surface area contributed by atoms with Crippen LogP contribution < -0.4 is 0 Å². The van der Waals surface area contributed by atoms with Gasteiger partial charge in [-0.25, -0.2) is 4.98 Å². The number of likely N-dealkylation sites (tertiary alicyclic amines) is 1. The van der Waals surface area contributed by atoms with Gasteiger partial charge in [-0.05, 0) is 26.2 Å². The van der Waals surface area contributed by atoms with E-state index in [9.17, 15) is 9.59 Å². The van der Waals surface area contributed by atoms with Crippen molar-refractivity contribution in [1.29, 1.82) is 0 Å². The predicted molar refractivity (Wildman–Crippen MR) is 87.2 cm³/mol. The van der Waals surface area contributed by atoms with Crippen molar-refractivity contribution in [2.24, 2.45) is 0 Å². The minimum absolute atomic E-state index is 0.0434. The number of nitrogens with one attached hydrogen (secondary N) is 1. The topological polar surface area (TPSA) is 79.2 Å². The Balaban J connectivity index is 1.53. The van der Waals surface area contributed by atoms with Gasteiger partial charge in [0.15, 0.2) is 5.78 Å². The van der Waals surface area contributed by atoms with E-state index < -0.39 is 0 Å². The SMILES string of the molecule is Cc1oc2c(c1C(=O)N1CCC(c3ncc[nH]3)CC1)C(=O)CCC2. The van der Waals surface area contributed by atoms with Gasteiger partial charge in [0.05, 0.1) is 11.1 Å². The summed E-state index contributed by atoms with van der Waals surface area (Å²) in [4.78, 5) is 34.6. The lowest BCUT2D eigenvalue weighted by Crippen LogP contribution is -2.39. The number of Topliss-reactive ketones (excluding diaryl/α,β-unsaturated/α-hetero) is 1. The average Bonchev–Trinajstić information content (AvgIpc) is 3.22. The number of amides is 1. The largest absolute Gasteiger partial charge is 0.465 e. The molecule has 1 fully saturated rings. The molecule has 6 heteroatoms. The first kappa shape index (κ1) is 15.2. The number of carbonyl (C=O) groups is 2. The maximum atomic E-state index is 13.0. The van der Waals surface area contributed by atoms with E-state index in [1.165, 1.54) is 0 Å². The van der Waals surface area contributed by atoms with E-state index in [4.69, 9.17) is 4.42 Å². The molecular weight excluding hydrogens is 306 g/mol. The maximum Gasteiger partial charge on any atom is 0.258 e. The quantitative estimate of drug-likeness (QED) is 0.920. The molecule has 1 N–H and O–H groups in total. The van der Waals surface area contributed by atoms with Crippen molar-refractivity contribution < 1.29 is 14.0 Å². The molecule has 0 unspecified atom stereocenters. The van der Waals surface area contributed by atoms with Crippen molar-refractivity contribution in [3.63, 3.8) is 0 Å². The van der Waals surface area contributed by atoms with Crippen LogP contribution >= 0.6 is 0 Å². The van der Waals surface area contributed by atoms with Crippen molar-refractivity contribution in [3.8, 4) is 0 Å². The van der Waals surface area contributed by atoms with Gasteiger partial charge in [-0.2, -0.15) is 0 Å². The van der Waals surface area contributed by atoms with Gasteiger partial charge in [0.25, 0.3) is 5.91 Å². The summed E-state index contributed by atoms with van der Waals surface area (Å²) < 4.78 is 5.72. The molecule has 1 saturated heterocycles. The van der Waals surface area contributed by atoms with E-state index in [1.807, 2.05) is 11.1 Å². The van der Waals surface area contributed by atoms with E-state index >= 15 is 0 Å². The number of carbonyl (C=O) groups excluding carboxylic acids is 2. The number of rotatable bonds is 2. The molecule has 1 amide bonds. The minimum atomic E-state index is -0.0642. The fourth-order valence-corrected chi connectivity index (χ4v) is 3.88. The van der Waals surface area contributed by atoms with Crippen LogP contribution in [0, 0.1) is 6.92 Å². The number of hydrogen-bond donors (Lipinski definition) is 1. The minimum Gasteiger partial charge on any atom is -0.465 e. The van der Waals surface area contributed by atoms with Gasteiger partial charge in [-0.15, -0.1) is 0 Å². The molecule has 0 atom stereocenters. The summed E-state index contributed by atoms with van der Waals surface area (Å²) >= 11 is 0. The Hall–Kier alpha value is -2.37. The second kappa shape index (κ2) is 5.92. The Morgan fingerprint density at radius 3 is 2.83 bits per heavy atom. The number of aryl methyl sites for hydroxylation is 2.